The summed E-state index contributed by atoms with van der Waals surface area (Å²) in [6.07, 6.45) is 0.552. The lowest BCUT2D eigenvalue weighted by atomic mass is 10.1. The number of carboxylic acid groups (broad SMARTS) is 1. The zero-order chi connectivity index (χ0) is 18.5. The van der Waals surface area contributed by atoms with Crippen LogP contribution in [-0.4, -0.2) is 40.0 Å². The molecule has 0 radical (unpaired) electrons. The van der Waals surface area contributed by atoms with E-state index in [1.165, 1.54) is 12.1 Å². The van der Waals surface area contributed by atoms with Crippen molar-refractivity contribution in [1.82, 2.24) is 15.1 Å². The minimum atomic E-state index is -1.22. The fraction of sp³-hybridized carbons (Fsp3) is 0.167. The maximum atomic E-state index is 12.4. The number of rotatable bonds is 6. The smallest absolute Gasteiger partial charge is 0.343 e. The molecule has 1 aromatic heterocycles. The number of para-hydroxylation sites is 1. The van der Waals surface area contributed by atoms with E-state index in [2.05, 4.69) is 10.4 Å². The minimum absolute atomic E-state index is 0.0254. The molecule has 3 N–H and O–H groups in total. The van der Waals surface area contributed by atoms with E-state index in [4.69, 9.17) is 4.74 Å². The van der Waals surface area contributed by atoms with E-state index in [-0.39, 0.29) is 16.5 Å². The molecule has 1 heterocycles. The number of fused-ring (bicyclic) bond motifs is 1. The Labute approximate surface area is 148 Å². The van der Waals surface area contributed by atoms with Crippen LogP contribution in [0.3, 0.4) is 0 Å². The van der Waals surface area contributed by atoms with Crippen LogP contribution in [0.15, 0.2) is 53.3 Å². The van der Waals surface area contributed by atoms with Crippen LogP contribution in [0.25, 0.3) is 10.9 Å². The molecule has 0 aliphatic heterocycles. The van der Waals surface area contributed by atoms with E-state index in [1.807, 2.05) is 30.3 Å². The van der Waals surface area contributed by atoms with Gasteiger partial charge in [0.05, 0.1) is 23.1 Å². The SMILES string of the molecule is O=C(O)c1cccc2[nH]n(C(=O)NCCCOc3ccccc3)c(=O)c12. The summed E-state index contributed by atoms with van der Waals surface area (Å²) < 4.78 is 6.29. The second-order valence-electron chi connectivity index (χ2n) is 5.53. The van der Waals surface area contributed by atoms with E-state index >= 15 is 0 Å². The van der Waals surface area contributed by atoms with Gasteiger partial charge in [0.1, 0.15) is 5.75 Å². The molecule has 0 aliphatic carbocycles. The largest absolute Gasteiger partial charge is 0.494 e. The van der Waals surface area contributed by atoms with Crippen LogP contribution in [0.4, 0.5) is 4.79 Å². The highest BCUT2D eigenvalue weighted by Gasteiger charge is 2.18. The number of H-pyrrole nitrogens is 1. The average molecular weight is 355 g/mol. The Balaban J connectivity index is 1.61. The topological polar surface area (TPSA) is 113 Å². The van der Waals surface area contributed by atoms with Gasteiger partial charge in [0.15, 0.2) is 0 Å². The summed E-state index contributed by atoms with van der Waals surface area (Å²) in [5.41, 5.74) is -0.556. The van der Waals surface area contributed by atoms with Gasteiger partial charge in [-0.3, -0.25) is 9.89 Å². The molecule has 134 valence electrons. The number of aromatic nitrogens is 2. The Kier molecular flexibility index (Phi) is 5.02. The summed E-state index contributed by atoms with van der Waals surface area (Å²) in [4.78, 5) is 35.8. The van der Waals surface area contributed by atoms with Crippen LogP contribution < -0.4 is 15.6 Å². The lowest BCUT2D eigenvalue weighted by molar-refractivity contribution is 0.0699. The molecule has 1 amide bonds. The number of ether oxygens (including phenoxy) is 1. The molecule has 0 aliphatic rings. The molecule has 0 fully saturated rings. The summed E-state index contributed by atoms with van der Waals surface area (Å²) >= 11 is 0. The van der Waals surface area contributed by atoms with E-state index in [1.54, 1.807) is 6.07 Å². The van der Waals surface area contributed by atoms with Crippen LogP contribution in [0.1, 0.15) is 16.8 Å². The van der Waals surface area contributed by atoms with Crippen LogP contribution >= 0.6 is 0 Å². The van der Waals surface area contributed by atoms with Crippen molar-refractivity contribution in [1.29, 1.82) is 0 Å². The quantitative estimate of drug-likeness (QED) is 0.586. The molecule has 26 heavy (non-hydrogen) atoms. The number of carboxylic acids is 1. The molecule has 8 nitrogen and oxygen atoms in total. The van der Waals surface area contributed by atoms with Gasteiger partial charge in [-0.25, -0.2) is 9.59 Å². The first kappa shape index (κ1) is 17.3. The maximum absolute atomic E-state index is 12.4. The molecule has 8 heteroatoms. The summed E-state index contributed by atoms with van der Waals surface area (Å²) in [5, 5.41) is 14.4. The zero-order valence-electron chi connectivity index (χ0n) is 13.8. The van der Waals surface area contributed by atoms with Gasteiger partial charge in [0.2, 0.25) is 0 Å². The molecular weight excluding hydrogens is 338 g/mol. The fourth-order valence-corrected chi connectivity index (χ4v) is 2.53. The fourth-order valence-electron chi connectivity index (χ4n) is 2.53. The average Bonchev–Trinajstić information content (AvgIpc) is 2.99. The standard InChI is InChI=1S/C18H17N3O5/c22-16-15-13(17(23)24)8-4-9-14(15)20-21(16)18(25)19-10-5-11-26-12-6-2-1-3-7-12/h1-4,6-9,20H,5,10-11H2,(H,19,25)(H,23,24). The van der Waals surface area contributed by atoms with Gasteiger partial charge in [0, 0.05) is 6.54 Å². The van der Waals surface area contributed by atoms with E-state index < -0.39 is 17.6 Å². The van der Waals surface area contributed by atoms with Crippen molar-refractivity contribution in [2.45, 2.75) is 6.42 Å². The molecule has 0 unspecified atom stereocenters. The van der Waals surface area contributed by atoms with Crippen LogP contribution in [-0.2, 0) is 0 Å². The highest BCUT2D eigenvalue weighted by atomic mass is 16.5. The van der Waals surface area contributed by atoms with Gasteiger partial charge >= 0.3 is 12.0 Å². The van der Waals surface area contributed by atoms with Crippen molar-refractivity contribution in [3.63, 3.8) is 0 Å². The number of nitrogens with one attached hydrogen (secondary N) is 2. The Morgan fingerprint density at radius 1 is 1.12 bits per heavy atom. The normalized spacial score (nSPS) is 10.6. The van der Waals surface area contributed by atoms with Crippen molar-refractivity contribution in [2.24, 2.45) is 0 Å². The molecule has 2 aromatic carbocycles. The number of aromatic carboxylic acids is 1. The third-order valence-corrected chi connectivity index (χ3v) is 3.76. The molecule has 0 atom stereocenters. The molecular formula is C18H17N3O5. The number of carbonyl (C=O) groups excluding carboxylic acids is 1. The number of amides is 1. The lowest BCUT2D eigenvalue weighted by Crippen LogP contribution is -2.36. The van der Waals surface area contributed by atoms with Crippen molar-refractivity contribution in [2.75, 3.05) is 13.2 Å². The lowest BCUT2D eigenvalue weighted by Gasteiger charge is -2.07. The Bertz CT molecular complexity index is 991. The molecule has 0 saturated heterocycles. The van der Waals surface area contributed by atoms with Crippen LogP contribution in [0.5, 0.6) is 5.75 Å². The van der Waals surface area contributed by atoms with Crippen molar-refractivity contribution in [3.8, 4) is 5.75 Å². The second-order valence-corrected chi connectivity index (χ2v) is 5.53. The van der Waals surface area contributed by atoms with Gasteiger partial charge in [-0.05, 0) is 30.7 Å². The van der Waals surface area contributed by atoms with E-state index in [0.29, 0.717) is 19.6 Å². The molecule has 3 rings (SSSR count). The second kappa shape index (κ2) is 7.56. The summed E-state index contributed by atoms with van der Waals surface area (Å²) in [6.45, 7) is 0.717. The first-order valence-corrected chi connectivity index (χ1v) is 8.01. The van der Waals surface area contributed by atoms with Crippen LogP contribution in [0.2, 0.25) is 0 Å². The van der Waals surface area contributed by atoms with Gasteiger partial charge < -0.3 is 15.2 Å². The minimum Gasteiger partial charge on any atom is -0.494 e. The maximum Gasteiger partial charge on any atom is 0.343 e. The van der Waals surface area contributed by atoms with Gasteiger partial charge in [0.25, 0.3) is 5.56 Å². The van der Waals surface area contributed by atoms with Crippen molar-refractivity contribution < 1.29 is 19.4 Å². The summed E-state index contributed by atoms with van der Waals surface area (Å²) in [6, 6.07) is 13.0. The Morgan fingerprint density at radius 2 is 1.88 bits per heavy atom. The number of carbonyl (C=O) groups is 2. The van der Waals surface area contributed by atoms with Crippen molar-refractivity contribution >= 4 is 22.9 Å². The third kappa shape index (κ3) is 3.59. The Morgan fingerprint density at radius 3 is 2.62 bits per heavy atom. The molecule has 0 saturated carbocycles. The van der Waals surface area contributed by atoms with Gasteiger partial charge in [-0.1, -0.05) is 24.3 Å². The predicted molar refractivity (Wildman–Crippen MR) is 94.9 cm³/mol. The number of nitrogens with zero attached hydrogens (tertiary/aromatic N) is 1. The van der Waals surface area contributed by atoms with E-state index in [0.717, 1.165) is 10.4 Å². The third-order valence-electron chi connectivity index (χ3n) is 3.76. The first-order chi connectivity index (χ1) is 12.6. The van der Waals surface area contributed by atoms with Crippen LogP contribution in [0, 0.1) is 0 Å². The van der Waals surface area contributed by atoms with Gasteiger partial charge in [-0.2, -0.15) is 4.68 Å². The monoisotopic (exact) mass is 355 g/mol. The molecule has 3 aromatic rings. The molecule has 0 bridgehead atoms. The summed E-state index contributed by atoms with van der Waals surface area (Å²) in [5.74, 6) is -0.482. The van der Waals surface area contributed by atoms with Crippen molar-refractivity contribution in [3.05, 3.63) is 64.4 Å². The zero-order valence-corrected chi connectivity index (χ0v) is 13.8. The highest BCUT2D eigenvalue weighted by molar-refractivity contribution is 6.03. The summed E-state index contributed by atoms with van der Waals surface area (Å²) in [7, 11) is 0. The highest BCUT2D eigenvalue weighted by Crippen LogP contribution is 2.13. The number of benzene rings is 2. The van der Waals surface area contributed by atoms with Gasteiger partial charge in [-0.15, -0.1) is 0 Å². The number of hydrogen-bond donors (Lipinski definition) is 3. The Hall–Kier alpha value is -3.55. The first-order valence-electron chi connectivity index (χ1n) is 8.01. The van der Waals surface area contributed by atoms with E-state index in [9.17, 15) is 19.5 Å². The number of hydrogen-bond acceptors (Lipinski definition) is 4. The molecule has 0 spiro atoms. The number of aromatic amines is 1. The predicted octanol–water partition coefficient (Wildman–Crippen LogP) is 2.05.